The van der Waals surface area contributed by atoms with Crippen molar-refractivity contribution in [2.75, 3.05) is 25.4 Å². The number of hydrogen-bond donors (Lipinski definition) is 0. The van der Waals surface area contributed by atoms with Crippen molar-refractivity contribution >= 4 is 46.8 Å². The Balaban J connectivity index is 1.34. The number of ether oxygens (including phenoxy) is 1. The number of piperidine rings is 1. The zero-order valence-corrected chi connectivity index (χ0v) is 23.8. The van der Waals surface area contributed by atoms with Crippen molar-refractivity contribution in [3.63, 3.8) is 0 Å². The molecule has 1 aliphatic heterocycles. The first kappa shape index (κ1) is 28.5. The second kappa shape index (κ2) is 14.0. The normalized spacial score (nSPS) is 15.4. The number of thioether (sulfide) groups is 1. The number of carbonyl (C=O) groups excluding carboxylic acids is 2. The van der Waals surface area contributed by atoms with E-state index in [1.165, 1.54) is 0 Å². The number of esters is 1. The van der Waals surface area contributed by atoms with Crippen LogP contribution in [-0.4, -0.2) is 57.0 Å². The third-order valence-corrected chi connectivity index (χ3v) is 8.23. The molecule has 7 nitrogen and oxygen atoms in total. The molecule has 0 radical (unpaired) electrons. The molecule has 4 rings (SSSR count). The highest BCUT2D eigenvalue weighted by atomic mass is 35.5. The molecule has 0 saturated carbocycles. The summed E-state index contributed by atoms with van der Waals surface area (Å²) in [6, 6.07) is 15.6. The molecule has 38 heavy (non-hydrogen) atoms. The number of benzene rings is 2. The zero-order valence-electron chi connectivity index (χ0n) is 21.4. The Morgan fingerprint density at radius 2 is 1.89 bits per heavy atom. The molecule has 3 aromatic rings. The fraction of sp³-hybridized carbons (Fsp3) is 0.429. The van der Waals surface area contributed by atoms with Crippen LogP contribution in [0.5, 0.6) is 0 Å². The molecule has 0 spiro atoms. The summed E-state index contributed by atoms with van der Waals surface area (Å²) in [5.41, 5.74) is 1.99. The van der Waals surface area contributed by atoms with Crippen LogP contribution in [0.25, 0.3) is 5.69 Å². The van der Waals surface area contributed by atoms with E-state index >= 15 is 0 Å². The van der Waals surface area contributed by atoms with Gasteiger partial charge in [-0.2, -0.15) is 0 Å². The highest BCUT2D eigenvalue weighted by Gasteiger charge is 2.29. The Morgan fingerprint density at radius 1 is 1.08 bits per heavy atom. The van der Waals surface area contributed by atoms with Crippen molar-refractivity contribution in [1.29, 1.82) is 0 Å². The topological polar surface area (TPSA) is 77.3 Å². The highest BCUT2D eigenvalue weighted by molar-refractivity contribution is 7.99. The lowest BCUT2D eigenvalue weighted by Gasteiger charge is -2.31. The summed E-state index contributed by atoms with van der Waals surface area (Å²) in [6.07, 6.45) is 4.34. The summed E-state index contributed by atoms with van der Waals surface area (Å²) in [5.74, 6) is 1.31. The summed E-state index contributed by atoms with van der Waals surface area (Å²) in [5, 5.41) is 10.7. The highest BCUT2D eigenvalue weighted by Crippen LogP contribution is 2.29. The standard InChI is InChI=1S/C28H32Cl2N4O3S/c1-2-37-27(36)21-11-8-15-33(19-21)26(35)12-6-7-16-38-28-32-31-25(17-20-9-4-3-5-10-20)34(28)22-13-14-23(29)24(30)18-22/h3-5,9-10,13-14,18,21H,2,6-8,11-12,15-17,19H2,1H3. The average molecular weight is 576 g/mol. The third-order valence-electron chi connectivity index (χ3n) is 6.48. The first-order valence-corrected chi connectivity index (χ1v) is 14.7. The summed E-state index contributed by atoms with van der Waals surface area (Å²) in [4.78, 5) is 26.6. The van der Waals surface area contributed by atoms with E-state index in [0.29, 0.717) is 42.6 Å². The van der Waals surface area contributed by atoms with E-state index in [4.69, 9.17) is 27.9 Å². The summed E-state index contributed by atoms with van der Waals surface area (Å²) < 4.78 is 7.17. The predicted molar refractivity (Wildman–Crippen MR) is 151 cm³/mol. The van der Waals surface area contributed by atoms with E-state index in [1.54, 1.807) is 24.8 Å². The van der Waals surface area contributed by atoms with Crippen molar-refractivity contribution in [3.8, 4) is 5.69 Å². The number of aromatic nitrogens is 3. The summed E-state index contributed by atoms with van der Waals surface area (Å²) >= 11 is 14.1. The molecule has 202 valence electrons. The van der Waals surface area contributed by atoms with Crippen LogP contribution in [0.3, 0.4) is 0 Å². The zero-order chi connectivity index (χ0) is 26.9. The number of amides is 1. The molecule has 0 N–H and O–H groups in total. The number of carbonyl (C=O) groups is 2. The number of hydrogen-bond acceptors (Lipinski definition) is 6. The lowest BCUT2D eigenvalue weighted by Crippen LogP contribution is -2.42. The molecule has 1 atom stereocenters. The van der Waals surface area contributed by atoms with Crippen molar-refractivity contribution in [2.45, 2.75) is 50.6 Å². The van der Waals surface area contributed by atoms with Gasteiger partial charge in [-0.15, -0.1) is 10.2 Å². The molecule has 0 bridgehead atoms. The Labute approximate surface area is 237 Å². The maximum Gasteiger partial charge on any atom is 0.310 e. The van der Waals surface area contributed by atoms with E-state index in [2.05, 4.69) is 22.3 Å². The van der Waals surface area contributed by atoms with Gasteiger partial charge >= 0.3 is 5.97 Å². The minimum atomic E-state index is -0.207. The summed E-state index contributed by atoms with van der Waals surface area (Å²) in [6.45, 7) is 3.34. The molecule has 1 saturated heterocycles. The number of halogens is 2. The van der Waals surface area contributed by atoms with Crippen molar-refractivity contribution in [2.24, 2.45) is 5.92 Å². The number of likely N-dealkylation sites (tertiary alicyclic amines) is 1. The van der Waals surface area contributed by atoms with Crippen LogP contribution in [0.4, 0.5) is 0 Å². The molecule has 1 fully saturated rings. The van der Waals surface area contributed by atoms with Crippen LogP contribution in [-0.2, 0) is 20.7 Å². The van der Waals surface area contributed by atoms with Gasteiger partial charge in [-0.3, -0.25) is 14.2 Å². The lowest BCUT2D eigenvalue weighted by molar-refractivity contribution is -0.151. The van der Waals surface area contributed by atoms with E-state index in [9.17, 15) is 9.59 Å². The number of unbranched alkanes of at least 4 members (excludes halogenated alkanes) is 1. The van der Waals surface area contributed by atoms with Crippen molar-refractivity contribution < 1.29 is 14.3 Å². The van der Waals surface area contributed by atoms with E-state index in [1.807, 2.05) is 39.8 Å². The molecule has 1 unspecified atom stereocenters. The molecular formula is C28H32Cl2N4O3S. The Bertz CT molecular complexity index is 1240. The molecular weight excluding hydrogens is 543 g/mol. The number of nitrogens with zero attached hydrogens (tertiary/aromatic N) is 4. The Hall–Kier alpha value is -2.55. The van der Waals surface area contributed by atoms with Gasteiger partial charge in [0.25, 0.3) is 0 Å². The van der Waals surface area contributed by atoms with Crippen LogP contribution < -0.4 is 0 Å². The molecule has 0 aliphatic carbocycles. The molecule has 1 amide bonds. The average Bonchev–Trinajstić information content (AvgIpc) is 3.32. The second-order valence-electron chi connectivity index (χ2n) is 9.23. The van der Waals surface area contributed by atoms with Crippen molar-refractivity contribution in [3.05, 3.63) is 70.0 Å². The van der Waals surface area contributed by atoms with Gasteiger partial charge in [-0.05, 0) is 56.4 Å². The van der Waals surface area contributed by atoms with Crippen LogP contribution in [0.2, 0.25) is 10.0 Å². The first-order chi connectivity index (χ1) is 18.5. The predicted octanol–water partition coefficient (Wildman–Crippen LogP) is 6.23. The van der Waals surface area contributed by atoms with Gasteiger partial charge in [0.15, 0.2) is 5.16 Å². The Morgan fingerprint density at radius 3 is 2.66 bits per heavy atom. The van der Waals surface area contributed by atoms with Gasteiger partial charge in [0.2, 0.25) is 5.91 Å². The third kappa shape index (κ3) is 7.52. The fourth-order valence-electron chi connectivity index (χ4n) is 4.53. The number of rotatable bonds is 11. The van der Waals surface area contributed by atoms with Gasteiger partial charge in [-0.1, -0.05) is 65.3 Å². The lowest BCUT2D eigenvalue weighted by atomic mass is 9.98. The largest absolute Gasteiger partial charge is 0.466 e. The van der Waals surface area contributed by atoms with E-state index in [-0.39, 0.29) is 17.8 Å². The monoisotopic (exact) mass is 574 g/mol. The summed E-state index contributed by atoms with van der Waals surface area (Å²) in [7, 11) is 0. The molecule has 2 aromatic carbocycles. The molecule has 1 aromatic heterocycles. The molecule has 10 heteroatoms. The van der Waals surface area contributed by atoms with Crippen LogP contribution in [0.15, 0.2) is 53.7 Å². The maximum absolute atomic E-state index is 12.7. The van der Waals surface area contributed by atoms with Gasteiger partial charge < -0.3 is 9.64 Å². The SMILES string of the molecule is CCOC(=O)C1CCCN(C(=O)CCCCSc2nnc(Cc3ccccc3)n2-c2ccc(Cl)c(Cl)c2)C1. The Kier molecular flexibility index (Phi) is 10.5. The van der Waals surface area contributed by atoms with Crippen LogP contribution >= 0.6 is 35.0 Å². The fourth-order valence-corrected chi connectivity index (χ4v) is 5.79. The molecule has 1 aliphatic rings. The van der Waals surface area contributed by atoms with Gasteiger partial charge in [0.1, 0.15) is 5.82 Å². The maximum atomic E-state index is 12.7. The van der Waals surface area contributed by atoms with Gasteiger partial charge in [-0.25, -0.2) is 0 Å². The quantitative estimate of drug-likeness (QED) is 0.153. The van der Waals surface area contributed by atoms with Crippen LogP contribution in [0, 0.1) is 5.92 Å². The van der Waals surface area contributed by atoms with Gasteiger partial charge in [0, 0.05) is 31.7 Å². The van der Waals surface area contributed by atoms with E-state index in [0.717, 1.165) is 53.7 Å². The van der Waals surface area contributed by atoms with Crippen LogP contribution in [0.1, 0.15) is 50.4 Å². The van der Waals surface area contributed by atoms with E-state index < -0.39 is 0 Å². The minimum Gasteiger partial charge on any atom is -0.466 e. The second-order valence-corrected chi connectivity index (χ2v) is 11.1. The smallest absolute Gasteiger partial charge is 0.310 e. The molecule has 2 heterocycles. The minimum absolute atomic E-state index is 0.105. The first-order valence-electron chi connectivity index (χ1n) is 13.0. The van der Waals surface area contributed by atoms with Gasteiger partial charge in [0.05, 0.1) is 28.3 Å². The van der Waals surface area contributed by atoms with Crippen molar-refractivity contribution in [1.82, 2.24) is 19.7 Å².